The summed E-state index contributed by atoms with van der Waals surface area (Å²) in [6.07, 6.45) is 2.66. The first kappa shape index (κ1) is 17.3. The Hall–Kier alpha value is -3.59. The molecule has 6 heteroatoms. The number of aromatic nitrogens is 4. The van der Waals surface area contributed by atoms with E-state index in [1.54, 1.807) is 0 Å². The molecule has 1 N–H and O–H groups in total. The Balaban J connectivity index is 1.57. The fraction of sp³-hybridized carbons (Fsp3) is 0.292. The Kier molecular flexibility index (Phi) is 3.57. The van der Waals surface area contributed by atoms with Gasteiger partial charge in [-0.3, -0.25) is 0 Å². The number of para-hydroxylation sites is 3. The van der Waals surface area contributed by atoms with Gasteiger partial charge in [0.2, 0.25) is 0 Å². The number of nitrogens with one attached hydrogen (secondary N) is 1. The molecule has 4 heterocycles. The van der Waals surface area contributed by atoms with Gasteiger partial charge in [-0.15, -0.1) is 0 Å². The molecule has 2 aromatic carbocycles. The standard InChI is InChI=1S/C24H22N6/c1-16-18-14-24(15-25,23-26-19-10-5-6-11-20(19)27-23)21-12-7-13-29(21)22(18)30(28-16)17-8-3-2-4-9-17/h2-6,8-11,21H,7,12-14H2,1H3,(H,26,27). The molecule has 2 atom stereocenters. The molecule has 0 saturated carbocycles. The summed E-state index contributed by atoms with van der Waals surface area (Å²) in [7, 11) is 0. The Morgan fingerprint density at radius 2 is 1.93 bits per heavy atom. The summed E-state index contributed by atoms with van der Waals surface area (Å²) in [4.78, 5) is 10.8. The van der Waals surface area contributed by atoms with E-state index in [1.165, 1.54) is 0 Å². The zero-order valence-corrected chi connectivity index (χ0v) is 16.8. The number of hydrogen-bond acceptors (Lipinski definition) is 4. The topological polar surface area (TPSA) is 73.5 Å². The number of aryl methyl sites for hydroxylation is 1. The van der Waals surface area contributed by atoms with Crippen LogP contribution in [-0.2, 0) is 11.8 Å². The fourth-order valence-electron chi connectivity index (χ4n) is 5.30. The lowest BCUT2D eigenvalue weighted by atomic mass is 9.72. The Morgan fingerprint density at radius 1 is 1.13 bits per heavy atom. The largest absolute Gasteiger partial charge is 0.351 e. The summed E-state index contributed by atoms with van der Waals surface area (Å²) in [6, 6.07) is 21.1. The van der Waals surface area contributed by atoms with E-state index < -0.39 is 5.41 Å². The van der Waals surface area contributed by atoms with Gasteiger partial charge in [0.05, 0.1) is 34.5 Å². The Morgan fingerprint density at radius 3 is 2.73 bits per heavy atom. The maximum atomic E-state index is 10.5. The van der Waals surface area contributed by atoms with Crippen molar-refractivity contribution in [2.75, 3.05) is 11.4 Å². The molecule has 0 aliphatic carbocycles. The summed E-state index contributed by atoms with van der Waals surface area (Å²) in [6.45, 7) is 2.98. The van der Waals surface area contributed by atoms with Crippen LogP contribution in [0.4, 0.5) is 5.82 Å². The monoisotopic (exact) mass is 394 g/mol. The van der Waals surface area contributed by atoms with E-state index in [9.17, 15) is 5.26 Å². The molecule has 2 aliphatic heterocycles. The van der Waals surface area contributed by atoms with Crippen molar-refractivity contribution in [2.24, 2.45) is 0 Å². The molecule has 0 bridgehead atoms. The summed E-state index contributed by atoms with van der Waals surface area (Å²) >= 11 is 0. The van der Waals surface area contributed by atoms with E-state index in [1.807, 2.05) is 42.5 Å². The number of anilines is 1. The number of benzene rings is 2. The van der Waals surface area contributed by atoms with Gasteiger partial charge >= 0.3 is 0 Å². The summed E-state index contributed by atoms with van der Waals surface area (Å²) in [5, 5.41) is 15.4. The van der Waals surface area contributed by atoms with E-state index in [4.69, 9.17) is 10.1 Å². The van der Waals surface area contributed by atoms with Crippen LogP contribution in [0.3, 0.4) is 0 Å². The van der Waals surface area contributed by atoms with E-state index in [-0.39, 0.29) is 6.04 Å². The van der Waals surface area contributed by atoms with Crippen LogP contribution in [0, 0.1) is 18.3 Å². The molecule has 148 valence electrons. The van der Waals surface area contributed by atoms with Crippen LogP contribution in [0.5, 0.6) is 0 Å². The highest BCUT2D eigenvalue weighted by molar-refractivity contribution is 5.75. The van der Waals surface area contributed by atoms with E-state index in [0.717, 1.165) is 59.0 Å². The molecule has 1 fully saturated rings. The fourth-order valence-corrected chi connectivity index (χ4v) is 5.30. The molecule has 2 aromatic heterocycles. The van der Waals surface area contributed by atoms with E-state index in [0.29, 0.717) is 6.42 Å². The molecule has 2 unspecified atom stereocenters. The predicted molar refractivity (Wildman–Crippen MR) is 116 cm³/mol. The summed E-state index contributed by atoms with van der Waals surface area (Å²) in [5.74, 6) is 1.92. The number of rotatable bonds is 2. The molecule has 1 saturated heterocycles. The Labute approximate surface area is 174 Å². The lowest BCUT2D eigenvalue weighted by Gasteiger charge is -2.42. The summed E-state index contributed by atoms with van der Waals surface area (Å²) in [5.41, 5.74) is 4.37. The van der Waals surface area contributed by atoms with Crippen LogP contribution in [0.15, 0.2) is 54.6 Å². The number of nitriles is 1. The number of imidazole rings is 1. The van der Waals surface area contributed by atoms with Gasteiger partial charge in [-0.25, -0.2) is 9.67 Å². The number of aromatic amines is 1. The van der Waals surface area contributed by atoms with Crippen LogP contribution in [-0.4, -0.2) is 32.3 Å². The van der Waals surface area contributed by atoms with Gasteiger partial charge < -0.3 is 9.88 Å². The third-order valence-corrected chi connectivity index (χ3v) is 6.72. The molecule has 0 radical (unpaired) electrons. The van der Waals surface area contributed by atoms with Gasteiger partial charge in [-0.1, -0.05) is 30.3 Å². The van der Waals surface area contributed by atoms with E-state index >= 15 is 0 Å². The molecular weight excluding hydrogens is 372 g/mol. The maximum Gasteiger partial charge on any atom is 0.139 e. The zero-order valence-electron chi connectivity index (χ0n) is 16.8. The second-order valence-electron chi connectivity index (χ2n) is 8.35. The minimum Gasteiger partial charge on any atom is -0.351 e. The van der Waals surface area contributed by atoms with Crippen molar-refractivity contribution in [2.45, 2.75) is 37.6 Å². The van der Waals surface area contributed by atoms with Gasteiger partial charge in [0.15, 0.2) is 0 Å². The van der Waals surface area contributed by atoms with Crippen molar-refractivity contribution in [3.05, 3.63) is 71.7 Å². The second-order valence-corrected chi connectivity index (χ2v) is 8.35. The first-order valence-corrected chi connectivity index (χ1v) is 10.5. The predicted octanol–water partition coefficient (Wildman–Crippen LogP) is 4.04. The van der Waals surface area contributed by atoms with E-state index in [2.05, 4.69) is 39.7 Å². The first-order chi connectivity index (χ1) is 14.7. The first-order valence-electron chi connectivity index (χ1n) is 10.5. The Bertz CT molecular complexity index is 1260. The van der Waals surface area contributed by atoms with Gasteiger partial charge in [-0.05, 0) is 44.0 Å². The highest BCUT2D eigenvalue weighted by atomic mass is 15.4. The van der Waals surface area contributed by atoms with Crippen LogP contribution in [0.2, 0.25) is 0 Å². The molecular formula is C24H22N6. The average molecular weight is 394 g/mol. The third kappa shape index (κ3) is 2.23. The van der Waals surface area contributed by atoms with Crippen LogP contribution in [0.25, 0.3) is 16.7 Å². The van der Waals surface area contributed by atoms with Gasteiger partial charge in [0.25, 0.3) is 0 Å². The summed E-state index contributed by atoms with van der Waals surface area (Å²) < 4.78 is 2.06. The van der Waals surface area contributed by atoms with Crippen molar-refractivity contribution in [3.8, 4) is 11.8 Å². The van der Waals surface area contributed by atoms with Crippen molar-refractivity contribution < 1.29 is 0 Å². The third-order valence-electron chi connectivity index (χ3n) is 6.72. The second kappa shape index (κ2) is 6.20. The highest BCUT2D eigenvalue weighted by Gasteiger charge is 2.54. The lowest BCUT2D eigenvalue weighted by molar-refractivity contribution is 0.390. The van der Waals surface area contributed by atoms with Gasteiger partial charge in [0.1, 0.15) is 17.1 Å². The van der Waals surface area contributed by atoms with Gasteiger partial charge in [0, 0.05) is 18.5 Å². The van der Waals surface area contributed by atoms with Crippen LogP contribution in [0.1, 0.15) is 29.9 Å². The molecule has 2 aliphatic rings. The smallest absolute Gasteiger partial charge is 0.139 e. The number of nitrogens with zero attached hydrogens (tertiary/aromatic N) is 5. The molecule has 6 nitrogen and oxygen atoms in total. The molecule has 4 aromatic rings. The van der Waals surface area contributed by atoms with Crippen LogP contribution < -0.4 is 4.90 Å². The maximum absolute atomic E-state index is 10.5. The van der Waals surface area contributed by atoms with Crippen molar-refractivity contribution >= 4 is 16.9 Å². The van der Waals surface area contributed by atoms with Crippen molar-refractivity contribution in [3.63, 3.8) is 0 Å². The molecule has 6 rings (SSSR count). The van der Waals surface area contributed by atoms with Crippen molar-refractivity contribution in [1.82, 2.24) is 19.7 Å². The highest BCUT2D eigenvalue weighted by Crippen LogP contribution is 2.48. The average Bonchev–Trinajstić information content (AvgIpc) is 3.51. The molecule has 0 amide bonds. The minimum atomic E-state index is -0.710. The lowest BCUT2D eigenvalue weighted by Crippen LogP contribution is -2.52. The van der Waals surface area contributed by atoms with Crippen molar-refractivity contribution in [1.29, 1.82) is 5.26 Å². The van der Waals surface area contributed by atoms with Crippen LogP contribution >= 0.6 is 0 Å². The number of hydrogen-bond donors (Lipinski definition) is 1. The normalized spacial score (nSPS) is 22.7. The number of H-pyrrole nitrogens is 1. The molecule has 30 heavy (non-hydrogen) atoms. The minimum absolute atomic E-state index is 0.0779. The van der Waals surface area contributed by atoms with Gasteiger partial charge in [-0.2, -0.15) is 10.4 Å². The molecule has 0 spiro atoms. The SMILES string of the molecule is Cc1nn(-c2ccccc2)c2c1CC(C#N)(c1nc3ccccc3[nH]1)C1CCCN21. The number of fused-ring (bicyclic) bond motifs is 4. The quantitative estimate of drug-likeness (QED) is 0.557. The zero-order chi connectivity index (χ0) is 20.3.